The highest BCUT2D eigenvalue weighted by molar-refractivity contribution is 7.92. The second-order valence-electron chi connectivity index (χ2n) is 6.30. The van der Waals surface area contributed by atoms with Gasteiger partial charge in [-0.1, -0.05) is 47.5 Å². The van der Waals surface area contributed by atoms with Crippen molar-refractivity contribution in [1.29, 1.82) is 0 Å². The van der Waals surface area contributed by atoms with Crippen molar-refractivity contribution in [1.82, 2.24) is 5.43 Å². The number of halogens is 1. The third-order valence-electron chi connectivity index (χ3n) is 3.95. The molecule has 2 aromatic carbocycles. The van der Waals surface area contributed by atoms with Gasteiger partial charge in [-0.3, -0.25) is 9.10 Å². The third-order valence-corrected chi connectivity index (χ3v) is 5.50. The van der Waals surface area contributed by atoms with Crippen LogP contribution in [0.4, 0.5) is 5.69 Å². The molecule has 0 heterocycles. The monoisotopic (exact) mass is 407 g/mol. The van der Waals surface area contributed by atoms with Crippen LogP contribution in [0.2, 0.25) is 5.02 Å². The van der Waals surface area contributed by atoms with E-state index in [-0.39, 0.29) is 0 Å². The Hall–Kier alpha value is -2.38. The first-order chi connectivity index (χ1) is 12.6. The Morgan fingerprint density at radius 2 is 1.78 bits per heavy atom. The summed E-state index contributed by atoms with van der Waals surface area (Å²) in [6, 6.07) is 12.5. The Kier molecular flexibility index (Phi) is 6.62. The van der Waals surface area contributed by atoms with E-state index in [1.165, 1.54) is 6.07 Å². The highest BCUT2D eigenvalue weighted by atomic mass is 35.5. The maximum atomic E-state index is 12.3. The minimum absolute atomic E-state index is 0.322. The van der Waals surface area contributed by atoms with Gasteiger partial charge in [-0.25, -0.2) is 13.8 Å². The number of carbonyl (C=O) groups excluding carboxylic acids is 1. The van der Waals surface area contributed by atoms with Crippen LogP contribution in [0.3, 0.4) is 0 Å². The first-order valence-corrected chi connectivity index (χ1v) is 10.4. The lowest BCUT2D eigenvalue weighted by molar-refractivity contribution is -0.119. The van der Waals surface area contributed by atoms with E-state index in [0.29, 0.717) is 16.4 Å². The van der Waals surface area contributed by atoms with Crippen LogP contribution in [0.25, 0.3) is 0 Å². The highest BCUT2D eigenvalue weighted by Gasteiger charge is 2.21. The first kappa shape index (κ1) is 20.9. The number of hydrogen-bond donors (Lipinski definition) is 1. The first-order valence-electron chi connectivity index (χ1n) is 8.22. The van der Waals surface area contributed by atoms with Crippen molar-refractivity contribution in [2.45, 2.75) is 20.8 Å². The number of nitrogens with zero attached hydrogens (tertiary/aromatic N) is 2. The second kappa shape index (κ2) is 8.54. The lowest BCUT2D eigenvalue weighted by atomic mass is 10.1. The van der Waals surface area contributed by atoms with Crippen molar-refractivity contribution in [2.24, 2.45) is 5.10 Å². The van der Waals surface area contributed by atoms with E-state index in [1.807, 2.05) is 38.1 Å². The predicted molar refractivity (Wildman–Crippen MR) is 110 cm³/mol. The molecular formula is C19H22ClN3O3S. The quantitative estimate of drug-likeness (QED) is 0.589. The molecule has 27 heavy (non-hydrogen) atoms. The lowest BCUT2D eigenvalue weighted by Crippen LogP contribution is -2.39. The summed E-state index contributed by atoms with van der Waals surface area (Å²) in [5, 5.41) is 4.48. The zero-order valence-electron chi connectivity index (χ0n) is 15.7. The van der Waals surface area contributed by atoms with Crippen molar-refractivity contribution >= 4 is 38.9 Å². The Bertz CT molecular complexity index is 970. The van der Waals surface area contributed by atoms with E-state index in [1.54, 1.807) is 19.1 Å². The van der Waals surface area contributed by atoms with Crippen molar-refractivity contribution in [3.05, 3.63) is 64.2 Å². The van der Waals surface area contributed by atoms with E-state index in [4.69, 9.17) is 11.6 Å². The largest absolute Gasteiger partial charge is 0.271 e. The van der Waals surface area contributed by atoms with E-state index < -0.39 is 22.5 Å². The maximum absolute atomic E-state index is 12.3. The normalized spacial score (nSPS) is 12.0. The average Bonchev–Trinajstić information content (AvgIpc) is 2.59. The number of anilines is 1. The van der Waals surface area contributed by atoms with Crippen molar-refractivity contribution in [2.75, 3.05) is 17.1 Å². The molecule has 1 amide bonds. The van der Waals surface area contributed by atoms with Gasteiger partial charge in [0.2, 0.25) is 10.0 Å². The second-order valence-corrected chi connectivity index (χ2v) is 8.62. The summed E-state index contributed by atoms with van der Waals surface area (Å²) in [5.74, 6) is -0.552. The fourth-order valence-electron chi connectivity index (χ4n) is 2.31. The van der Waals surface area contributed by atoms with Gasteiger partial charge in [0.1, 0.15) is 6.54 Å². The Morgan fingerprint density at radius 3 is 2.33 bits per heavy atom. The molecule has 6 nitrogen and oxygen atoms in total. The van der Waals surface area contributed by atoms with Crippen LogP contribution in [0.15, 0.2) is 47.6 Å². The summed E-state index contributed by atoms with van der Waals surface area (Å²) < 4.78 is 25.2. The van der Waals surface area contributed by atoms with E-state index in [0.717, 1.165) is 27.3 Å². The van der Waals surface area contributed by atoms with E-state index in [2.05, 4.69) is 10.5 Å². The summed E-state index contributed by atoms with van der Waals surface area (Å²) in [5.41, 5.74) is 6.15. The smallest absolute Gasteiger partial charge is 0.260 e. The van der Waals surface area contributed by atoms with Crippen LogP contribution < -0.4 is 9.73 Å². The van der Waals surface area contributed by atoms with Crippen LogP contribution in [0, 0.1) is 13.8 Å². The molecule has 0 aliphatic rings. The summed E-state index contributed by atoms with van der Waals surface area (Å²) in [6.45, 7) is 5.16. The van der Waals surface area contributed by atoms with Gasteiger partial charge < -0.3 is 0 Å². The van der Waals surface area contributed by atoms with Gasteiger partial charge in [0.05, 0.1) is 17.7 Å². The van der Waals surface area contributed by atoms with Crippen LogP contribution in [0.5, 0.6) is 0 Å². The molecular weight excluding hydrogens is 386 g/mol. The number of aryl methyl sites for hydroxylation is 2. The molecule has 0 unspecified atom stereocenters. The summed E-state index contributed by atoms with van der Waals surface area (Å²) in [7, 11) is -3.67. The molecule has 0 radical (unpaired) electrons. The zero-order chi connectivity index (χ0) is 20.2. The van der Waals surface area contributed by atoms with Crippen LogP contribution in [-0.2, 0) is 14.8 Å². The summed E-state index contributed by atoms with van der Waals surface area (Å²) >= 11 is 6.08. The number of rotatable bonds is 6. The van der Waals surface area contributed by atoms with Crippen LogP contribution in [-0.4, -0.2) is 32.8 Å². The van der Waals surface area contributed by atoms with Gasteiger partial charge in [-0.05, 0) is 44.0 Å². The Morgan fingerprint density at radius 1 is 1.15 bits per heavy atom. The van der Waals surface area contributed by atoms with Gasteiger partial charge in [-0.15, -0.1) is 0 Å². The number of hydrogen-bond acceptors (Lipinski definition) is 4. The van der Waals surface area contributed by atoms with Gasteiger partial charge in [-0.2, -0.15) is 5.10 Å². The molecule has 0 fully saturated rings. The lowest BCUT2D eigenvalue weighted by Gasteiger charge is -2.22. The molecule has 144 valence electrons. The van der Waals surface area contributed by atoms with Crippen molar-refractivity contribution in [3.63, 3.8) is 0 Å². The Balaban J connectivity index is 2.15. The molecule has 2 aromatic rings. The standard InChI is InChI=1S/C19H22ClN3O3S/c1-13-5-8-16(9-6-13)15(3)21-22-19(24)12-23(27(4,25)26)17-10-7-14(2)18(20)11-17/h5-11H,12H2,1-4H3,(H,22,24)/b21-15-. The van der Waals surface area contributed by atoms with E-state index in [9.17, 15) is 13.2 Å². The van der Waals surface area contributed by atoms with Gasteiger partial charge in [0, 0.05) is 5.02 Å². The van der Waals surface area contributed by atoms with Gasteiger partial charge >= 0.3 is 0 Å². The summed E-state index contributed by atoms with van der Waals surface area (Å²) in [4.78, 5) is 12.3. The van der Waals surface area contributed by atoms with Gasteiger partial charge in [0.15, 0.2) is 0 Å². The SMILES string of the molecule is C/C(=N/NC(=O)CN(c1ccc(C)c(Cl)c1)S(C)(=O)=O)c1ccc(C)cc1. The maximum Gasteiger partial charge on any atom is 0.260 e. The fraction of sp³-hybridized carbons (Fsp3) is 0.263. The molecule has 8 heteroatoms. The molecule has 0 saturated heterocycles. The summed E-state index contributed by atoms with van der Waals surface area (Å²) in [6.07, 6.45) is 1.04. The molecule has 2 rings (SSSR count). The molecule has 0 saturated carbocycles. The topological polar surface area (TPSA) is 78.8 Å². The molecule has 0 aliphatic heterocycles. The average molecular weight is 408 g/mol. The predicted octanol–water partition coefficient (Wildman–Crippen LogP) is 3.26. The van der Waals surface area contributed by atoms with E-state index >= 15 is 0 Å². The fourth-order valence-corrected chi connectivity index (χ4v) is 3.33. The molecule has 0 aliphatic carbocycles. The molecule has 0 bridgehead atoms. The van der Waals surface area contributed by atoms with Crippen LogP contribution in [0.1, 0.15) is 23.6 Å². The number of amides is 1. The molecule has 0 spiro atoms. The number of sulfonamides is 1. The van der Waals surface area contributed by atoms with Gasteiger partial charge in [0.25, 0.3) is 5.91 Å². The molecule has 0 atom stereocenters. The molecule has 0 aromatic heterocycles. The molecule has 1 N–H and O–H groups in total. The van der Waals surface area contributed by atoms with Crippen LogP contribution >= 0.6 is 11.6 Å². The number of hydrazone groups is 1. The third kappa shape index (κ3) is 5.80. The van der Waals surface area contributed by atoms with Crippen molar-refractivity contribution in [3.8, 4) is 0 Å². The minimum atomic E-state index is -3.67. The number of nitrogens with one attached hydrogen (secondary N) is 1. The highest BCUT2D eigenvalue weighted by Crippen LogP contribution is 2.24. The van der Waals surface area contributed by atoms with Crippen molar-refractivity contribution < 1.29 is 13.2 Å². The zero-order valence-corrected chi connectivity index (χ0v) is 17.2. The minimum Gasteiger partial charge on any atom is -0.271 e. The number of benzene rings is 2. The number of carbonyl (C=O) groups is 1. The Labute approximate surface area is 164 Å².